The van der Waals surface area contributed by atoms with Crippen molar-refractivity contribution < 1.29 is 36.9 Å². The van der Waals surface area contributed by atoms with E-state index in [2.05, 4.69) is 10.1 Å². The van der Waals surface area contributed by atoms with E-state index in [1.807, 2.05) is 11.9 Å². The lowest BCUT2D eigenvalue weighted by Gasteiger charge is -2.18. The highest BCUT2D eigenvalue weighted by molar-refractivity contribution is 5.91. The number of methoxy groups -OCH3 is 3. The fourth-order valence-corrected chi connectivity index (χ4v) is 2.86. The predicted octanol–water partition coefficient (Wildman–Crippen LogP) is 4.07. The Hall–Kier alpha value is -3.14. The van der Waals surface area contributed by atoms with Crippen molar-refractivity contribution in [3.63, 3.8) is 0 Å². The monoisotopic (exact) mass is 442 g/mol. The Morgan fingerprint density at radius 2 is 1.58 bits per heavy atom. The lowest BCUT2D eigenvalue weighted by Crippen LogP contribution is -2.24. The van der Waals surface area contributed by atoms with E-state index in [0.29, 0.717) is 36.0 Å². The molecule has 0 aromatic heterocycles. The molecule has 0 aliphatic carbocycles. The molecule has 2 aromatic carbocycles. The Labute approximate surface area is 178 Å². The number of carbonyl (C=O) groups is 1. The molecule has 2 aromatic rings. The Morgan fingerprint density at radius 1 is 1.00 bits per heavy atom. The number of amides is 1. The molecule has 2 rings (SSSR count). The van der Waals surface area contributed by atoms with Crippen LogP contribution >= 0.6 is 0 Å². The van der Waals surface area contributed by atoms with Crippen LogP contribution in [0.2, 0.25) is 0 Å². The fourth-order valence-electron chi connectivity index (χ4n) is 2.86. The van der Waals surface area contributed by atoms with Crippen molar-refractivity contribution in [3.8, 4) is 23.0 Å². The quantitative estimate of drug-likeness (QED) is 0.598. The zero-order valence-electron chi connectivity index (χ0n) is 17.7. The molecule has 0 aliphatic rings. The van der Waals surface area contributed by atoms with Crippen LogP contribution in [0, 0.1) is 0 Å². The summed E-state index contributed by atoms with van der Waals surface area (Å²) in [7, 11) is 6.28. The van der Waals surface area contributed by atoms with E-state index >= 15 is 0 Å². The number of nitrogens with zero attached hydrogens (tertiary/aromatic N) is 1. The highest BCUT2D eigenvalue weighted by Gasteiger charge is 2.30. The maximum Gasteiger partial charge on any atom is 0.573 e. The van der Waals surface area contributed by atoms with Crippen LogP contribution in [0.3, 0.4) is 0 Å². The summed E-state index contributed by atoms with van der Waals surface area (Å²) < 4.78 is 56.3. The van der Waals surface area contributed by atoms with Gasteiger partial charge in [0.25, 0.3) is 0 Å². The smallest absolute Gasteiger partial charge is 0.493 e. The molecule has 0 saturated heterocycles. The van der Waals surface area contributed by atoms with Crippen molar-refractivity contribution in [2.75, 3.05) is 40.2 Å². The summed E-state index contributed by atoms with van der Waals surface area (Å²) in [5.74, 6) is 0.785. The highest BCUT2D eigenvalue weighted by Crippen LogP contribution is 2.39. The first-order valence-electron chi connectivity index (χ1n) is 9.28. The molecular weight excluding hydrogens is 417 g/mol. The number of alkyl halides is 3. The van der Waals surface area contributed by atoms with Gasteiger partial charge in [-0.15, -0.1) is 13.2 Å². The van der Waals surface area contributed by atoms with Crippen LogP contribution in [0.15, 0.2) is 36.4 Å². The number of anilines is 1. The average Bonchev–Trinajstić information content (AvgIpc) is 2.71. The van der Waals surface area contributed by atoms with Gasteiger partial charge in [0.05, 0.1) is 21.3 Å². The number of halogens is 3. The topological polar surface area (TPSA) is 69.3 Å². The number of nitrogens with one attached hydrogen (secondary N) is 1. The standard InChI is InChI=1S/C21H25F3N2O5/c1-26(13-14-5-7-16(8-6-14)31-21(22,23)24)10-9-19(27)25-15-11-17(28-2)20(30-4)18(12-15)29-3/h5-8,11-12H,9-10,13H2,1-4H3,(H,25,27). The SMILES string of the molecule is COc1cc(NC(=O)CCN(C)Cc2ccc(OC(F)(F)F)cc2)cc(OC)c1OC. The van der Waals surface area contributed by atoms with E-state index in [-0.39, 0.29) is 18.1 Å². The van der Waals surface area contributed by atoms with Gasteiger partial charge in [-0.3, -0.25) is 4.79 Å². The second-order valence-electron chi connectivity index (χ2n) is 6.64. The summed E-state index contributed by atoms with van der Waals surface area (Å²) in [6.07, 6.45) is -4.51. The third-order valence-electron chi connectivity index (χ3n) is 4.28. The van der Waals surface area contributed by atoms with Gasteiger partial charge in [-0.25, -0.2) is 0 Å². The lowest BCUT2D eigenvalue weighted by molar-refractivity contribution is -0.274. The number of ether oxygens (including phenoxy) is 4. The summed E-state index contributed by atoms with van der Waals surface area (Å²) in [5, 5.41) is 2.79. The van der Waals surface area contributed by atoms with Gasteiger partial charge in [-0.2, -0.15) is 0 Å². The molecular formula is C21H25F3N2O5. The molecule has 10 heteroatoms. The van der Waals surface area contributed by atoms with E-state index < -0.39 is 6.36 Å². The van der Waals surface area contributed by atoms with Crippen LogP contribution in [0.5, 0.6) is 23.0 Å². The maximum atomic E-state index is 12.3. The molecule has 0 saturated carbocycles. The van der Waals surface area contributed by atoms with Crippen LogP contribution in [0.4, 0.5) is 18.9 Å². The molecule has 1 N–H and O–H groups in total. The van der Waals surface area contributed by atoms with Gasteiger partial charge >= 0.3 is 6.36 Å². The minimum absolute atomic E-state index is 0.211. The number of rotatable bonds is 10. The lowest BCUT2D eigenvalue weighted by atomic mass is 10.2. The zero-order chi connectivity index (χ0) is 23.0. The number of benzene rings is 2. The largest absolute Gasteiger partial charge is 0.573 e. The maximum absolute atomic E-state index is 12.3. The predicted molar refractivity (Wildman–Crippen MR) is 109 cm³/mol. The second kappa shape index (κ2) is 10.8. The van der Waals surface area contributed by atoms with Crippen molar-refractivity contribution in [1.82, 2.24) is 4.90 Å². The van der Waals surface area contributed by atoms with Crippen LogP contribution < -0.4 is 24.3 Å². The normalized spacial score (nSPS) is 11.2. The van der Waals surface area contributed by atoms with Gasteiger partial charge in [-0.05, 0) is 24.7 Å². The van der Waals surface area contributed by atoms with Gasteiger partial charge in [0.1, 0.15) is 5.75 Å². The average molecular weight is 442 g/mol. The molecule has 0 heterocycles. The number of carbonyl (C=O) groups excluding carboxylic acids is 1. The molecule has 0 fully saturated rings. The van der Waals surface area contributed by atoms with Crippen molar-refractivity contribution in [2.24, 2.45) is 0 Å². The Balaban J connectivity index is 1.88. The highest BCUT2D eigenvalue weighted by atomic mass is 19.4. The van der Waals surface area contributed by atoms with Gasteiger partial charge in [0.2, 0.25) is 11.7 Å². The summed E-state index contributed by atoms with van der Waals surface area (Å²) in [6.45, 7) is 0.904. The van der Waals surface area contributed by atoms with E-state index in [1.54, 1.807) is 24.3 Å². The van der Waals surface area contributed by atoms with Crippen LogP contribution in [-0.2, 0) is 11.3 Å². The Bertz CT molecular complexity index is 847. The first kappa shape index (κ1) is 24.1. The third-order valence-corrected chi connectivity index (χ3v) is 4.28. The van der Waals surface area contributed by atoms with Gasteiger partial charge in [0, 0.05) is 37.3 Å². The molecule has 7 nitrogen and oxygen atoms in total. The second-order valence-corrected chi connectivity index (χ2v) is 6.64. The van der Waals surface area contributed by atoms with Crippen molar-refractivity contribution >= 4 is 11.6 Å². The summed E-state index contributed by atoms with van der Waals surface area (Å²) >= 11 is 0. The molecule has 170 valence electrons. The van der Waals surface area contributed by atoms with E-state index in [4.69, 9.17) is 14.2 Å². The number of hydrogen-bond donors (Lipinski definition) is 1. The summed E-state index contributed by atoms with van der Waals surface area (Å²) in [4.78, 5) is 14.2. The molecule has 0 aliphatic heterocycles. The Kier molecular flexibility index (Phi) is 8.38. The molecule has 0 spiro atoms. The first-order valence-corrected chi connectivity index (χ1v) is 9.28. The molecule has 31 heavy (non-hydrogen) atoms. The van der Waals surface area contributed by atoms with Crippen LogP contribution in [0.1, 0.15) is 12.0 Å². The molecule has 0 unspecified atom stereocenters. The van der Waals surface area contributed by atoms with E-state index in [1.165, 1.54) is 33.5 Å². The van der Waals surface area contributed by atoms with Crippen molar-refractivity contribution in [1.29, 1.82) is 0 Å². The third kappa shape index (κ3) is 7.56. The summed E-state index contributed by atoms with van der Waals surface area (Å²) in [6, 6.07) is 8.88. The molecule has 0 bridgehead atoms. The van der Waals surface area contributed by atoms with Crippen molar-refractivity contribution in [3.05, 3.63) is 42.0 Å². The van der Waals surface area contributed by atoms with Crippen LogP contribution in [0.25, 0.3) is 0 Å². The van der Waals surface area contributed by atoms with E-state index in [9.17, 15) is 18.0 Å². The van der Waals surface area contributed by atoms with Gasteiger partial charge in [0.15, 0.2) is 11.5 Å². The molecule has 1 amide bonds. The molecule has 0 radical (unpaired) electrons. The molecule has 0 atom stereocenters. The van der Waals surface area contributed by atoms with Crippen molar-refractivity contribution in [2.45, 2.75) is 19.3 Å². The first-order chi connectivity index (χ1) is 14.6. The summed E-state index contributed by atoms with van der Waals surface area (Å²) in [5.41, 5.74) is 1.30. The minimum Gasteiger partial charge on any atom is -0.493 e. The van der Waals surface area contributed by atoms with E-state index in [0.717, 1.165) is 5.56 Å². The zero-order valence-corrected chi connectivity index (χ0v) is 17.7. The fraction of sp³-hybridized carbons (Fsp3) is 0.381. The van der Waals surface area contributed by atoms with Gasteiger partial charge < -0.3 is 29.2 Å². The number of hydrogen-bond acceptors (Lipinski definition) is 6. The van der Waals surface area contributed by atoms with Crippen LogP contribution in [-0.4, -0.2) is 52.1 Å². The minimum atomic E-state index is -4.72. The Morgan fingerprint density at radius 3 is 2.06 bits per heavy atom. The van der Waals surface area contributed by atoms with Gasteiger partial charge in [-0.1, -0.05) is 12.1 Å².